The number of hydrogen-bond acceptors (Lipinski definition) is 3. The van der Waals surface area contributed by atoms with Gasteiger partial charge in [0.25, 0.3) is 0 Å². The van der Waals surface area contributed by atoms with Crippen molar-refractivity contribution in [3.05, 3.63) is 66.4 Å². The SMILES string of the molecule is COc1ccc(-c2ccc(CCC(=O)N3CCCC3)n2-c2ccc(SC)cc2)cc1. The number of hydrogen-bond donors (Lipinski definition) is 0. The zero-order valence-corrected chi connectivity index (χ0v) is 18.5. The van der Waals surface area contributed by atoms with E-state index in [0.29, 0.717) is 6.42 Å². The Hall–Kier alpha value is -2.66. The van der Waals surface area contributed by atoms with Crippen molar-refractivity contribution in [2.45, 2.75) is 30.6 Å². The first-order chi connectivity index (χ1) is 14.7. The Labute approximate surface area is 182 Å². The van der Waals surface area contributed by atoms with Crippen LogP contribution in [-0.4, -0.2) is 41.8 Å². The summed E-state index contributed by atoms with van der Waals surface area (Å²) in [7, 11) is 1.68. The van der Waals surface area contributed by atoms with E-state index >= 15 is 0 Å². The van der Waals surface area contributed by atoms with Crippen molar-refractivity contribution in [3.8, 4) is 22.7 Å². The van der Waals surface area contributed by atoms with Gasteiger partial charge in [-0.05, 0) is 91.7 Å². The number of amides is 1. The van der Waals surface area contributed by atoms with Crippen molar-refractivity contribution in [1.82, 2.24) is 9.47 Å². The lowest BCUT2D eigenvalue weighted by atomic mass is 10.1. The van der Waals surface area contributed by atoms with Gasteiger partial charge in [-0.25, -0.2) is 0 Å². The fourth-order valence-corrected chi connectivity index (χ4v) is 4.47. The number of carbonyl (C=O) groups is 1. The van der Waals surface area contributed by atoms with Crippen LogP contribution in [0.2, 0.25) is 0 Å². The standard InChI is InChI=1S/C25H28N2O2S/c1-29-22-11-5-19(6-12-22)24-15-9-21(10-16-25(28)26-17-3-4-18-26)27(24)20-7-13-23(30-2)14-8-20/h5-9,11-15H,3-4,10,16-18H2,1-2H3. The van der Waals surface area contributed by atoms with Gasteiger partial charge in [0.05, 0.1) is 12.8 Å². The van der Waals surface area contributed by atoms with Crippen LogP contribution in [0, 0.1) is 0 Å². The van der Waals surface area contributed by atoms with Gasteiger partial charge in [-0.1, -0.05) is 0 Å². The van der Waals surface area contributed by atoms with Crippen molar-refractivity contribution in [1.29, 1.82) is 0 Å². The molecule has 0 atom stereocenters. The lowest BCUT2D eigenvalue weighted by Crippen LogP contribution is -2.27. The zero-order chi connectivity index (χ0) is 20.9. The van der Waals surface area contributed by atoms with Crippen LogP contribution in [0.1, 0.15) is 25.0 Å². The number of thioether (sulfide) groups is 1. The maximum Gasteiger partial charge on any atom is 0.222 e. The lowest BCUT2D eigenvalue weighted by molar-refractivity contribution is -0.130. The summed E-state index contributed by atoms with van der Waals surface area (Å²) in [4.78, 5) is 15.8. The fraction of sp³-hybridized carbons (Fsp3) is 0.320. The third kappa shape index (κ3) is 4.41. The molecular weight excluding hydrogens is 392 g/mol. The van der Waals surface area contributed by atoms with Crippen molar-refractivity contribution in [2.24, 2.45) is 0 Å². The van der Waals surface area contributed by atoms with Crippen LogP contribution in [-0.2, 0) is 11.2 Å². The Morgan fingerprint density at radius 3 is 2.30 bits per heavy atom. The summed E-state index contributed by atoms with van der Waals surface area (Å²) in [5, 5.41) is 0. The number of carbonyl (C=O) groups excluding carboxylic acids is 1. The van der Waals surface area contributed by atoms with E-state index in [1.54, 1.807) is 18.9 Å². The number of rotatable bonds is 7. The molecule has 2 heterocycles. The van der Waals surface area contributed by atoms with E-state index in [1.807, 2.05) is 17.0 Å². The molecule has 3 aromatic rings. The number of aromatic nitrogens is 1. The predicted octanol–water partition coefficient (Wildman–Crippen LogP) is 5.43. The molecule has 0 N–H and O–H groups in total. The van der Waals surface area contributed by atoms with E-state index in [1.165, 1.54) is 4.90 Å². The molecule has 4 nitrogen and oxygen atoms in total. The zero-order valence-electron chi connectivity index (χ0n) is 17.6. The van der Waals surface area contributed by atoms with Gasteiger partial charge in [0.2, 0.25) is 5.91 Å². The molecule has 156 valence electrons. The van der Waals surface area contributed by atoms with Crippen LogP contribution in [0.5, 0.6) is 5.75 Å². The number of methoxy groups -OCH3 is 1. The Bertz CT molecular complexity index is 987. The Kier molecular flexibility index (Phi) is 6.48. The maximum atomic E-state index is 12.6. The Balaban J connectivity index is 1.66. The van der Waals surface area contributed by atoms with E-state index in [2.05, 4.69) is 59.4 Å². The molecule has 1 amide bonds. The van der Waals surface area contributed by atoms with Crippen LogP contribution in [0.4, 0.5) is 0 Å². The fourth-order valence-electron chi connectivity index (χ4n) is 4.06. The molecule has 1 fully saturated rings. The van der Waals surface area contributed by atoms with Crippen LogP contribution in [0.25, 0.3) is 16.9 Å². The highest BCUT2D eigenvalue weighted by Crippen LogP contribution is 2.30. The van der Waals surface area contributed by atoms with Gasteiger partial charge < -0.3 is 14.2 Å². The van der Waals surface area contributed by atoms with Gasteiger partial charge in [-0.15, -0.1) is 11.8 Å². The third-order valence-corrected chi connectivity index (χ3v) is 6.48. The van der Waals surface area contributed by atoms with Gasteiger partial charge >= 0.3 is 0 Å². The summed E-state index contributed by atoms with van der Waals surface area (Å²) in [6, 6.07) is 21.1. The highest BCUT2D eigenvalue weighted by atomic mass is 32.2. The van der Waals surface area contributed by atoms with Gasteiger partial charge in [-0.3, -0.25) is 4.79 Å². The number of nitrogens with zero attached hydrogens (tertiary/aromatic N) is 2. The summed E-state index contributed by atoms with van der Waals surface area (Å²) < 4.78 is 7.59. The maximum absolute atomic E-state index is 12.6. The van der Waals surface area contributed by atoms with E-state index in [9.17, 15) is 4.79 Å². The van der Waals surface area contributed by atoms with Gasteiger partial charge in [0, 0.05) is 35.8 Å². The minimum absolute atomic E-state index is 0.268. The Morgan fingerprint density at radius 2 is 1.67 bits per heavy atom. The highest BCUT2D eigenvalue weighted by Gasteiger charge is 2.19. The summed E-state index contributed by atoms with van der Waals surface area (Å²) in [6.07, 6.45) is 5.63. The average molecular weight is 421 g/mol. The molecule has 1 aliphatic rings. The predicted molar refractivity (Wildman–Crippen MR) is 124 cm³/mol. The first-order valence-corrected chi connectivity index (χ1v) is 11.7. The molecular formula is C25H28N2O2S. The molecule has 4 rings (SSSR count). The molecule has 5 heteroatoms. The number of aryl methyl sites for hydroxylation is 1. The van der Waals surface area contributed by atoms with E-state index in [-0.39, 0.29) is 5.91 Å². The molecule has 0 bridgehead atoms. The van der Waals surface area contributed by atoms with Crippen LogP contribution < -0.4 is 4.74 Å². The van der Waals surface area contributed by atoms with Crippen molar-refractivity contribution in [3.63, 3.8) is 0 Å². The second-order valence-corrected chi connectivity index (χ2v) is 8.44. The van der Waals surface area contributed by atoms with E-state index in [4.69, 9.17) is 4.74 Å². The van der Waals surface area contributed by atoms with Gasteiger partial charge in [0.15, 0.2) is 0 Å². The number of likely N-dealkylation sites (tertiary alicyclic amines) is 1. The topological polar surface area (TPSA) is 34.5 Å². The Morgan fingerprint density at radius 1 is 0.967 bits per heavy atom. The van der Waals surface area contributed by atoms with Crippen LogP contribution in [0.3, 0.4) is 0 Å². The molecule has 1 aromatic heterocycles. The molecule has 1 saturated heterocycles. The first-order valence-electron chi connectivity index (χ1n) is 10.5. The molecule has 30 heavy (non-hydrogen) atoms. The summed E-state index contributed by atoms with van der Waals surface area (Å²) in [6.45, 7) is 1.82. The van der Waals surface area contributed by atoms with Crippen LogP contribution >= 0.6 is 11.8 Å². The summed E-state index contributed by atoms with van der Waals surface area (Å²) >= 11 is 1.74. The molecule has 0 saturated carbocycles. The molecule has 0 spiro atoms. The average Bonchev–Trinajstić information content (AvgIpc) is 3.48. The van der Waals surface area contributed by atoms with E-state index in [0.717, 1.165) is 60.7 Å². The van der Waals surface area contributed by atoms with E-state index < -0.39 is 0 Å². The second kappa shape index (κ2) is 9.43. The quantitative estimate of drug-likeness (QED) is 0.478. The minimum Gasteiger partial charge on any atom is -0.497 e. The van der Waals surface area contributed by atoms with Crippen LogP contribution in [0.15, 0.2) is 65.6 Å². The van der Waals surface area contributed by atoms with Crippen molar-refractivity contribution >= 4 is 17.7 Å². The molecule has 0 aliphatic carbocycles. The first kappa shape index (κ1) is 20.6. The number of benzene rings is 2. The molecule has 2 aromatic carbocycles. The highest BCUT2D eigenvalue weighted by molar-refractivity contribution is 7.98. The van der Waals surface area contributed by atoms with Crippen molar-refractivity contribution < 1.29 is 9.53 Å². The monoisotopic (exact) mass is 420 g/mol. The lowest BCUT2D eigenvalue weighted by Gasteiger charge is -2.17. The number of ether oxygens (including phenoxy) is 1. The van der Waals surface area contributed by atoms with Crippen molar-refractivity contribution in [2.75, 3.05) is 26.5 Å². The molecule has 0 unspecified atom stereocenters. The summed E-state index contributed by atoms with van der Waals surface area (Å²) in [5.74, 6) is 1.11. The smallest absolute Gasteiger partial charge is 0.222 e. The normalized spacial score (nSPS) is 13.6. The van der Waals surface area contributed by atoms with Gasteiger partial charge in [-0.2, -0.15) is 0 Å². The molecule has 1 aliphatic heterocycles. The summed E-state index contributed by atoms with van der Waals surface area (Å²) in [5.41, 5.74) is 4.53. The largest absolute Gasteiger partial charge is 0.497 e. The minimum atomic E-state index is 0.268. The second-order valence-electron chi connectivity index (χ2n) is 7.56. The third-order valence-electron chi connectivity index (χ3n) is 5.73. The van der Waals surface area contributed by atoms with Gasteiger partial charge in [0.1, 0.15) is 5.75 Å². The molecule has 0 radical (unpaired) electrons.